The van der Waals surface area contributed by atoms with E-state index in [-0.39, 0.29) is 59.0 Å². The van der Waals surface area contributed by atoms with Gasteiger partial charge in [0.05, 0.1) is 48.1 Å². The van der Waals surface area contributed by atoms with Crippen molar-refractivity contribution in [1.29, 1.82) is 0 Å². The standard InChI is InChI=1S/C77H94Br2N2O10/c1-9-19-60-48-65(45-58(84)27-17-29-63-47-64(90-74(89-63)52-23-15-26-57(83)41-52)31-18-30-62-46-59(10-2)86-73(88-62)51-22-14-25-56(82)40-51)91-75(87-60)53-24-16-28-61(42-53)85-72-49(32-38-70-76(5,6)66-43-54(78)34-36-68(66)80(70)11-3)20-13-21-50(72)33-39-71-77(7,8)67-44-55(79)35-37-69(67)81(71)12-4/h14-16,22-26,28,32-44,58-60,62-65,73-75,84H,9-13,17-21,27,29-31,45-48H2,1-8H3,(H-,82,83)/p+1. The van der Waals surface area contributed by atoms with Gasteiger partial charge in [-0.3, -0.25) is 0 Å². The van der Waals surface area contributed by atoms with Crippen LogP contribution in [0, 0.1) is 0 Å². The van der Waals surface area contributed by atoms with E-state index >= 15 is 0 Å². The molecule has 5 aromatic carbocycles. The zero-order chi connectivity index (χ0) is 64.0. The topological polar surface area (TPSA) is 132 Å². The summed E-state index contributed by atoms with van der Waals surface area (Å²) in [6.45, 7) is 19.8. The maximum Gasteiger partial charge on any atom is 0.209 e. The van der Waals surface area contributed by atoms with Crippen LogP contribution in [0.15, 0.2) is 165 Å². The smallest absolute Gasteiger partial charge is 0.209 e. The second-order valence-corrected chi connectivity index (χ2v) is 28.6. The maximum absolute atomic E-state index is 11.8. The third kappa shape index (κ3) is 15.7. The largest absolute Gasteiger partial charge is 0.508 e. The van der Waals surface area contributed by atoms with E-state index < -0.39 is 25.0 Å². The highest BCUT2D eigenvalue weighted by atomic mass is 79.9. The molecular weight excluding hydrogens is 1270 g/mol. The molecule has 10 unspecified atom stereocenters. The van der Waals surface area contributed by atoms with Crippen LogP contribution >= 0.6 is 31.9 Å². The molecule has 0 bridgehead atoms. The second-order valence-electron chi connectivity index (χ2n) is 26.8. The van der Waals surface area contributed by atoms with Gasteiger partial charge in [0.25, 0.3) is 0 Å². The highest BCUT2D eigenvalue weighted by molar-refractivity contribution is 9.10. The average Bonchev–Trinajstić information content (AvgIpc) is 1.63. The third-order valence-electron chi connectivity index (χ3n) is 19.5. The van der Waals surface area contributed by atoms with Gasteiger partial charge in [0, 0.05) is 85.9 Å². The van der Waals surface area contributed by atoms with E-state index in [0.29, 0.717) is 19.3 Å². The average molecular weight is 1370 g/mol. The van der Waals surface area contributed by atoms with Crippen LogP contribution in [0.5, 0.6) is 17.2 Å². The third-order valence-corrected chi connectivity index (χ3v) is 20.5. The monoisotopic (exact) mass is 1370 g/mol. The number of halogens is 2. The number of aliphatic hydroxyl groups excluding tert-OH is 1. The van der Waals surface area contributed by atoms with E-state index in [9.17, 15) is 15.3 Å². The van der Waals surface area contributed by atoms with Crippen LogP contribution in [0.3, 0.4) is 0 Å². The molecule has 0 amide bonds. The molecule has 12 nitrogen and oxygen atoms in total. The van der Waals surface area contributed by atoms with E-state index in [1.165, 1.54) is 33.9 Å². The summed E-state index contributed by atoms with van der Waals surface area (Å²) in [6.07, 6.45) is 19.6. The molecule has 0 saturated carbocycles. The Morgan fingerprint density at radius 3 is 1.81 bits per heavy atom. The van der Waals surface area contributed by atoms with E-state index in [0.717, 1.165) is 145 Å². The van der Waals surface area contributed by atoms with Crippen molar-refractivity contribution in [3.63, 3.8) is 0 Å². The molecule has 14 heteroatoms. The molecule has 5 aromatic rings. The summed E-state index contributed by atoms with van der Waals surface area (Å²) in [5.41, 5.74) is 12.0. The van der Waals surface area contributed by atoms with Gasteiger partial charge in [0.2, 0.25) is 5.69 Å². The van der Waals surface area contributed by atoms with E-state index in [2.05, 4.69) is 170 Å². The number of aliphatic hydroxyl groups is 1. The SMILES string of the molecule is CCCC1CC(CC(O)CCCC2CC(CCCC3CC(CC)OC(c4cccc(O)c4)O3)OC(c3cccc(O)c3)O2)OC(c2cccc(OC3=C(/C=C/C4=[N+](CC)c5ccc(Br)cc5C4(C)C)CCC/C3=C\C=C3\N(CC)c4ccc(Br)cc4C3(C)C)c2)O1. The first-order valence-corrected chi connectivity index (χ1v) is 35.3. The highest BCUT2D eigenvalue weighted by Crippen LogP contribution is 2.50. The number of ether oxygens (including phenoxy) is 7. The number of likely N-dealkylation sites (N-methyl/N-ethyl adjacent to an activating group) is 1. The lowest BCUT2D eigenvalue weighted by atomic mass is 9.81. The van der Waals surface area contributed by atoms with Crippen LogP contribution in [0.1, 0.15) is 205 Å². The van der Waals surface area contributed by atoms with Crippen LogP contribution in [0.25, 0.3) is 0 Å². The summed E-state index contributed by atoms with van der Waals surface area (Å²) in [5, 5.41) is 32.5. The molecule has 486 valence electrons. The van der Waals surface area contributed by atoms with Crippen LogP contribution in [0.4, 0.5) is 11.4 Å². The lowest BCUT2D eigenvalue weighted by molar-refractivity contribution is -0.433. The van der Waals surface area contributed by atoms with Gasteiger partial charge in [0.15, 0.2) is 24.6 Å². The zero-order valence-corrected chi connectivity index (χ0v) is 57.7. The van der Waals surface area contributed by atoms with Crippen LogP contribution in [-0.4, -0.2) is 81.4 Å². The highest BCUT2D eigenvalue weighted by Gasteiger charge is 2.45. The summed E-state index contributed by atoms with van der Waals surface area (Å²) in [6, 6.07) is 35.8. The number of phenolic OH excluding ortho intramolecular Hbond substituents is 2. The number of anilines is 1. The summed E-state index contributed by atoms with van der Waals surface area (Å²) in [5.74, 6) is 1.96. The Balaban J connectivity index is 0.777. The van der Waals surface area contributed by atoms with E-state index in [1.807, 2.05) is 36.4 Å². The van der Waals surface area contributed by atoms with Gasteiger partial charge in [-0.1, -0.05) is 108 Å². The van der Waals surface area contributed by atoms with Crippen molar-refractivity contribution in [2.24, 2.45) is 0 Å². The molecule has 3 fully saturated rings. The molecule has 91 heavy (non-hydrogen) atoms. The zero-order valence-electron chi connectivity index (χ0n) is 54.6. The molecule has 3 saturated heterocycles. The van der Waals surface area contributed by atoms with Crippen molar-refractivity contribution < 1.29 is 53.1 Å². The number of allylic oxidation sites excluding steroid dienone is 7. The molecule has 5 aliphatic heterocycles. The number of benzene rings is 5. The fraction of sp³-hybridized carbons (Fsp3) is 0.494. The van der Waals surface area contributed by atoms with Gasteiger partial charge in [0.1, 0.15) is 29.6 Å². The van der Waals surface area contributed by atoms with E-state index in [4.69, 9.17) is 33.2 Å². The molecule has 0 aromatic heterocycles. The Morgan fingerprint density at radius 2 is 1.19 bits per heavy atom. The summed E-state index contributed by atoms with van der Waals surface area (Å²) < 4.78 is 51.6. The molecule has 0 radical (unpaired) electrons. The van der Waals surface area contributed by atoms with E-state index in [1.54, 1.807) is 24.3 Å². The lowest BCUT2D eigenvalue weighted by Gasteiger charge is -2.38. The van der Waals surface area contributed by atoms with Crippen molar-refractivity contribution >= 4 is 48.9 Å². The molecule has 5 heterocycles. The number of hydrogen-bond donors (Lipinski definition) is 3. The number of nitrogens with zero attached hydrogens (tertiary/aromatic N) is 2. The molecule has 10 atom stereocenters. The molecule has 6 aliphatic rings. The fourth-order valence-electron chi connectivity index (χ4n) is 14.8. The Hall–Kier alpha value is -5.39. The first kappa shape index (κ1) is 67.0. The first-order valence-electron chi connectivity index (χ1n) is 33.7. The minimum Gasteiger partial charge on any atom is -0.508 e. The Bertz CT molecular complexity index is 3520. The van der Waals surface area contributed by atoms with Gasteiger partial charge in [-0.15, -0.1) is 0 Å². The van der Waals surface area contributed by atoms with Crippen LogP contribution in [0.2, 0.25) is 0 Å². The fourth-order valence-corrected chi connectivity index (χ4v) is 15.5. The number of rotatable bonds is 23. The summed E-state index contributed by atoms with van der Waals surface area (Å²) in [4.78, 5) is 2.45. The van der Waals surface area contributed by atoms with Gasteiger partial charge in [-0.25, -0.2) is 0 Å². The molecule has 1 aliphatic carbocycles. The molecule has 11 rings (SSSR count). The van der Waals surface area contributed by atoms with Crippen molar-refractivity contribution in [1.82, 2.24) is 0 Å². The van der Waals surface area contributed by atoms with Crippen molar-refractivity contribution in [2.45, 2.75) is 231 Å². The van der Waals surface area contributed by atoms with Crippen molar-refractivity contribution in [2.75, 3.05) is 18.0 Å². The predicted octanol–water partition coefficient (Wildman–Crippen LogP) is 18.9. The number of aromatic hydroxyl groups is 2. The summed E-state index contributed by atoms with van der Waals surface area (Å²) >= 11 is 7.53. The van der Waals surface area contributed by atoms with Gasteiger partial charge >= 0.3 is 0 Å². The van der Waals surface area contributed by atoms with Gasteiger partial charge in [-0.05, 0) is 200 Å². The Kier molecular flexibility index (Phi) is 22.0. The predicted molar refractivity (Wildman–Crippen MR) is 367 cm³/mol. The Labute approximate surface area is 557 Å². The molecule has 0 spiro atoms. The normalized spacial score (nSPS) is 26.8. The van der Waals surface area contributed by atoms with Gasteiger partial charge in [-0.2, -0.15) is 4.58 Å². The Morgan fingerprint density at radius 1 is 0.615 bits per heavy atom. The molecule has 3 N–H and O–H groups in total. The minimum atomic E-state index is -0.632. The summed E-state index contributed by atoms with van der Waals surface area (Å²) in [7, 11) is 0. The number of phenols is 2. The second kappa shape index (κ2) is 29.9. The van der Waals surface area contributed by atoms with Crippen LogP contribution in [-0.2, 0) is 39.3 Å². The maximum atomic E-state index is 11.8. The first-order chi connectivity index (χ1) is 43.9. The quantitative estimate of drug-likeness (QED) is 0.0540. The molecular formula is C77H95Br2N2O10+. The number of hydrogen-bond acceptors (Lipinski definition) is 11. The van der Waals surface area contributed by atoms with Gasteiger partial charge < -0.3 is 53.4 Å². The van der Waals surface area contributed by atoms with Crippen molar-refractivity contribution in [3.05, 3.63) is 193 Å². The minimum absolute atomic E-state index is 0.0118. The van der Waals surface area contributed by atoms with Crippen molar-refractivity contribution in [3.8, 4) is 17.2 Å². The number of fused-ring (bicyclic) bond motifs is 2. The van der Waals surface area contributed by atoms with Crippen LogP contribution < -0.4 is 9.64 Å². The lowest BCUT2D eigenvalue weighted by Crippen LogP contribution is -2.36.